The van der Waals surface area contributed by atoms with Crippen LogP contribution in [0.25, 0.3) is 0 Å². The van der Waals surface area contributed by atoms with Gasteiger partial charge in [0.1, 0.15) is 6.04 Å². The zero-order valence-corrected chi connectivity index (χ0v) is 14.6. The number of aromatic nitrogens is 3. The van der Waals surface area contributed by atoms with Gasteiger partial charge in [-0.3, -0.25) is 4.79 Å². The van der Waals surface area contributed by atoms with Crippen molar-refractivity contribution in [1.82, 2.24) is 25.2 Å². The van der Waals surface area contributed by atoms with Crippen LogP contribution in [0.15, 0.2) is 30.0 Å². The Morgan fingerprint density at radius 2 is 1.84 bits per heavy atom. The molecule has 0 bridgehead atoms. The average molecular weight is 361 g/mol. The second-order valence-electron chi connectivity index (χ2n) is 5.52. The first-order chi connectivity index (χ1) is 12.1. The van der Waals surface area contributed by atoms with E-state index in [1.807, 2.05) is 4.90 Å². The standard InChI is InChI=1S/C15H19N7O2S/c1-11(12(23)20-14-18-5-10-25-14)19-15(24)22-8-6-21(7-9-22)13-16-3-2-4-17-13/h2-5,10-11H,6-9H2,1H3,(H,19,24)(H,18,20,23)/t11-/m1/s1. The Balaban J connectivity index is 1.46. The average Bonchev–Trinajstić information content (AvgIpc) is 3.15. The number of piperazine rings is 1. The number of amides is 3. The van der Waals surface area contributed by atoms with Gasteiger partial charge in [0.15, 0.2) is 5.13 Å². The second kappa shape index (κ2) is 7.88. The van der Waals surface area contributed by atoms with Crippen molar-refractivity contribution in [2.75, 3.05) is 36.4 Å². The van der Waals surface area contributed by atoms with Crippen LogP contribution in [0.3, 0.4) is 0 Å². The van der Waals surface area contributed by atoms with Crippen molar-refractivity contribution in [3.63, 3.8) is 0 Å². The molecule has 1 fully saturated rings. The summed E-state index contributed by atoms with van der Waals surface area (Å²) in [5, 5.41) is 7.68. The van der Waals surface area contributed by atoms with Gasteiger partial charge in [0.05, 0.1) is 0 Å². The number of carbonyl (C=O) groups is 2. The lowest BCUT2D eigenvalue weighted by molar-refractivity contribution is -0.117. The number of rotatable bonds is 4. The lowest BCUT2D eigenvalue weighted by Gasteiger charge is -2.35. The topological polar surface area (TPSA) is 103 Å². The number of anilines is 2. The third-order valence-corrected chi connectivity index (χ3v) is 4.49. The van der Waals surface area contributed by atoms with Crippen molar-refractivity contribution in [1.29, 1.82) is 0 Å². The Hall–Kier alpha value is -2.75. The molecule has 0 saturated carbocycles. The van der Waals surface area contributed by atoms with Crippen molar-refractivity contribution in [3.05, 3.63) is 30.0 Å². The Morgan fingerprint density at radius 1 is 1.12 bits per heavy atom. The van der Waals surface area contributed by atoms with Crippen LogP contribution in [0.4, 0.5) is 15.9 Å². The number of nitrogens with one attached hydrogen (secondary N) is 2. The molecule has 3 heterocycles. The van der Waals surface area contributed by atoms with Crippen LogP contribution in [0.2, 0.25) is 0 Å². The molecule has 3 rings (SSSR count). The Morgan fingerprint density at radius 3 is 2.48 bits per heavy atom. The van der Waals surface area contributed by atoms with Gasteiger partial charge in [0.25, 0.3) is 0 Å². The van der Waals surface area contributed by atoms with Crippen LogP contribution in [0.5, 0.6) is 0 Å². The zero-order chi connectivity index (χ0) is 17.6. The molecule has 9 nitrogen and oxygen atoms in total. The number of urea groups is 1. The van der Waals surface area contributed by atoms with E-state index >= 15 is 0 Å². The van der Waals surface area contributed by atoms with Gasteiger partial charge in [0, 0.05) is 50.1 Å². The number of carbonyl (C=O) groups excluding carboxylic acids is 2. The lowest BCUT2D eigenvalue weighted by atomic mass is 10.3. The largest absolute Gasteiger partial charge is 0.337 e. The van der Waals surface area contributed by atoms with Crippen LogP contribution >= 0.6 is 11.3 Å². The number of thiazole rings is 1. The van der Waals surface area contributed by atoms with E-state index in [2.05, 4.69) is 25.6 Å². The highest BCUT2D eigenvalue weighted by Crippen LogP contribution is 2.11. The maximum Gasteiger partial charge on any atom is 0.318 e. The summed E-state index contributed by atoms with van der Waals surface area (Å²) in [6.07, 6.45) is 5.01. The molecule has 3 amide bonds. The molecule has 1 aliphatic heterocycles. The first kappa shape index (κ1) is 17.1. The minimum absolute atomic E-state index is 0.254. The van der Waals surface area contributed by atoms with E-state index in [0.29, 0.717) is 37.3 Å². The molecule has 0 aromatic carbocycles. The van der Waals surface area contributed by atoms with Gasteiger partial charge in [-0.2, -0.15) is 0 Å². The summed E-state index contributed by atoms with van der Waals surface area (Å²) in [5.74, 6) is 0.373. The number of nitrogens with zero attached hydrogens (tertiary/aromatic N) is 5. The fraction of sp³-hybridized carbons (Fsp3) is 0.400. The molecule has 2 aromatic heterocycles. The van der Waals surface area contributed by atoms with Crippen molar-refractivity contribution < 1.29 is 9.59 Å². The van der Waals surface area contributed by atoms with E-state index in [0.717, 1.165) is 0 Å². The predicted molar refractivity (Wildman–Crippen MR) is 94.6 cm³/mol. The van der Waals surface area contributed by atoms with Crippen LogP contribution in [0.1, 0.15) is 6.92 Å². The van der Waals surface area contributed by atoms with E-state index in [1.165, 1.54) is 11.3 Å². The SMILES string of the molecule is C[C@@H](NC(=O)N1CCN(c2ncccn2)CC1)C(=O)Nc1nccs1. The Labute approximate surface area is 149 Å². The predicted octanol–water partition coefficient (Wildman–Crippen LogP) is 0.792. The first-order valence-corrected chi connectivity index (χ1v) is 8.79. The van der Waals surface area contributed by atoms with Gasteiger partial charge in [-0.25, -0.2) is 19.7 Å². The first-order valence-electron chi connectivity index (χ1n) is 7.91. The van der Waals surface area contributed by atoms with Crippen molar-refractivity contribution in [3.8, 4) is 0 Å². The van der Waals surface area contributed by atoms with Gasteiger partial charge in [-0.05, 0) is 13.0 Å². The fourth-order valence-electron chi connectivity index (χ4n) is 2.40. The van der Waals surface area contributed by atoms with Gasteiger partial charge < -0.3 is 20.4 Å². The summed E-state index contributed by atoms with van der Waals surface area (Å²) >= 11 is 1.33. The summed E-state index contributed by atoms with van der Waals surface area (Å²) in [6, 6.07) is 0.869. The van der Waals surface area contributed by atoms with E-state index in [-0.39, 0.29) is 11.9 Å². The third kappa shape index (κ3) is 4.41. The highest BCUT2D eigenvalue weighted by Gasteiger charge is 2.25. The molecule has 0 radical (unpaired) electrons. The van der Waals surface area contributed by atoms with E-state index in [4.69, 9.17) is 0 Å². The van der Waals surface area contributed by atoms with Crippen molar-refractivity contribution >= 4 is 34.4 Å². The summed E-state index contributed by atoms with van der Waals surface area (Å²) in [6.45, 7) is 4.04. The summed E-state index contributed by atoms with van der Waals surface area (Å²) in [4.78, 5) is 40.5. The summed E-state index contributed by atoms with van der Waals surface area (Å²) in [5.41, 5.74) is 0. The highest BCUT2D eigenvalue weighted by molar-refractivity contribution is 7.13. The second-order valence-corrected chi connectivity index (χ2v) is 6.42. The molecule has 132 valence electrons. The van der Waals surface area contributed by atoms with E-state index in [1.54, 1.807) is 41.9 Å². The maximum absolute atomic E-state index is 12.3. The molecule has 2 aromatic rings. The minimum Gasteiger partial charge on any atom is -0.337 e. The van der Waals surface area contributed by atoms with Gasteiger partial charge in [0.2, 0.25) is 11.9 Å². The monoisotopic (exact) mass is 361 g/mol. The third-order valence-electron chi connectivity index (χ3n) is 3.80. The van der Waals surface area contributed by atoms with Gasteiger partial charge >= 0.3 is 6.03 Å². The van der Waals surface area contributed by atoms with Crippen molar-refractivity contribution in [2.24, 2.45) is 0 Å². The minimum atomic E-state index is -0.646. The van der Waals surface area contributed by atoms with Crippen LogP contribution in [-0.2, 0) is 4.79 Å². The molecule has 0 unspecified atom stereocenters. The van der Waals surface area contributed by atoms with E-state index < -0.39 is 6.04 Å². The van der Waals surface area contributed by atoms with Crippen molar-refractivity contribution in [2.45, 2.75) is 13.0 Å². The lowest BCUT2D eigenvalue weighted by Crippen LogP contribution is -2.55. The highest BCUT2D eigenvalue weighted by atomic mass is 32.1. The zero-order valence-electron chi connectivity index (χ0n) is 13.8. The van der Waals surface area contributed by atoms with Gasteiger partial charge in [-0.1, -0.05) is 0 Å². The maximum atomic E-state index is 12.3. The van der Waals surface area contributed by atoms with Crippen LogP contribution < -0.4 is 15.5 Å². The summed E-state index contributed by atoms with van der Waals surface area (Å²) in [7, 11) is 0. The molecule has 1 saturated heterocycles. The molecule has 2 N–H and O–H groups in total. The smallest absolute Gasteiger partial charge is 0.318 e. The molecule has 0 aliphatic carbocycles. The molecule has 25 heavy (non-hydrogen) atoms. The molecule has 1 atom stereocenters. The van der Waals surface area contributed by atoms with Gasteiger partial charge in [-0.15, -0.1) is 11.3 Å². The molecule has 10 heteroatoms. The van der Waals surface area contributed by atoms with E-state index in [9.17, 15) is 9.59 Å². The number of hydrogen-bond donors (Lipinski definition) is 2. The Bertz CT molecular complexity index is 702. The number of hydrogen-bond acceptors (Lipinski definition) is 7. The molecule has 1 aliphatic rings. The fourth-order valence-corrected chi connectivity index (χ4v) is 2.94. The molecule has 0 spiro atoms. The van der Waals surface area contributed by atoms with Crippen LogP contribution in [-0.4, -0.2) is 64.0 Å². The van der Waals surface area contributed by atoms with Crippen LogP contribution in [0, 0.1) is 0 Å². The molecular formula is C15H19N7O2S. The quantitative estimate of drug-likeness (QED) is 0.835. The Kier molecular flexibility index (Phi) is 5.39. The molecular weight excluding hydrogens is 342 g/mol. The normalized spacial score (nSPS) is 15.6. The summed E-state index contributed by atoms with van der Waals surface area (Å²) < 4.78 is 0.